The van der Waals surface area contributed by atoms with Gasteiger partial charge in [0.2, 0.25) is 3.79 Å². The Morgan fingerprint density at radius 3 is 1.35 bits per heavy atom. The van der Waals surface area contributed by atoms with Crippen LogP contribution in [-0.2, 0) is 0 Å². The molecule has 122 valence electrons. The number of rotatable bonds is 13. The van der Waals surface area contributed by atoms with Crippen LogP contribution in [0, 0.1) is 0 Å². The molecule has 0 amide bonds. The van der Waals surface area contributed by atoms with Crippen molar-refractivity contribution in [3.63, 3.8) is 0 Å². The minimum absolute atomic E-state index is 0.365. The summed E-state index contributed by atoms with van der Waals surface area (Å²) in [5.41, 5.74) is 0. The maximum Gasteiger partial charge on any atom is 0.206 e. The maximum absolute atomic E-state index is 5.99. The van der Waals surface area contributed by atoms with Crippen LogP contribution in [0.1, 0.15) is 90.4 Å². The van der Waals surface area contributed by atoms with Crippen molar-refractivity contribution in [3.8, 4) is 0 Å². The van der Waals surface area contributed by atoms with Crippen molar-refractivity contribution in [1.29, 1.82) is 0 Å². The Bertz CT molecular complexity index is 201. The molecule has 20 heavy (non-hydrogen) atoms. The first-order valence-corrected chi connectivity index (χ1v) is 9.76. The Balaban J connectivity index is 3.14. The Labute approximate surface area is 145 Å². The predicted octanol–water partition coefficient (Wildman–Crippen LogP) is 8.06. The first-order chi connectivity index (χ1) is 9.48. The topological polar surface area (TPSA) is 0 Å². The Morgan fingerprint density at radius 1 is 0.650 bits per heavy atom. The highest BCUT2D eigenvalue weighted by Crippen LogP contribution is 2.36. The van der Waals surface area contributed by atoms with Gasteiger partial charge in [0.1, 0.15) is 0 Å². The second-order valence-corrected chi connectivity index (χ2v) is 8.58. The van der Waals surface area contributed by atoms with Gasteiger partial charge >= 0.3 is 0 Å². The van der Waals surface area contributed by atoms with Gasteiger partial charge in [0, 0.05) is 0 Å². The minimum atomic E-state index is -1.32. The van der Waals surface area contributed by atoms with Crippen molar-refractivity contribution in [2.24, 2.45) is 0 Å². The van der Waals surface area contributed by atoms with Crippen LogP contribution in [0.4, 0.5) is 0 Å². The van der Waals surface area contributed by atoms with Crippen LogP contribution >= 0.6 is 46.4 Å². The summed E-state index contributed by atoms with van der Waals surface area (Å²) in [6, 6.07) is 0. The molecule has 0 rings (SSSR count). The molecule has 0 saturated heterocycles. The van der Waals surface area contributed by atoms with Gasteiger partial charge in [-0.2, -0.15) is 0 Å². The van der Waals surface area contributed by atoms with Gasteiger partial charge in [0.15, 0.2) is 0 Å². The molecule has 0 radical (unpaired) electrons. The molecule has 0 N–H and O–H groups in total. The van der Waals surface area contributed by atoms with Crippen LogP contribution in [-0.4, -0.2) is 9.17 Å². The van der Waals surface area contributed by atoms with Gasteiger partial charge in [0.05, 0.1) is 5.38 Å². The Kier molecular flexibility index (Phi) is 14.6. The lowest BCUT2D eigenvalue weighted by Crippen LogP contribution is -2.18. The number of hydrogen-bond donors (Lipinski definition) is 0. The third-order valence-electron chi connectivity index (χ3n) is 3.67. The maximum atomic E-state index is 5.99. The van der Waals surface area contributed by atoms with E-state index in [0.717, 1.165) is 12.8 Å². The first kappa shape index (κ1) is 21.2. The van der Waals surface area contributed by atoms with Crippen LogP contribution in [0.25, 0.3) is 0 Å². The van der Waals surface area contributed by atoms with Crippen molar-refractivity contribution < 1.29 is 0 Å². The molecule has 0 aliphatic rings. The Hall–Kier alpha value is 1.16. The third kappa shape index (κ3) is 14.1. The molecule has 0 aromatic heterocycles. The van der Waals surface area contributed by atoms with Gasteiger partial charge < -0.3 is 0 Å². The highest BCUT2D eigenvalue weighted by molar-refractivity contribution is 6.70. The second kappa shape index (κ2) is 13.8. The largest absolute Gasteiger partial charge is 0.206 e. The lowest BCUT2D eigenvalue weighted by molar-refractivity contribution is 0.537. The van der Waals surface area contributed by atoms with Crippen LogP contribution in [0.15, 0.2) is 0 Å². The number of halogens is 4. The van der Waals surface area contributed by atoms with Crippen LogP contribution in [0.3, 0.4) is 0 Å². The average molecular weight is 364 g/mol. The zero-order valence-corrected chi connectivity index (χ0v) is 15.8. The molecule has 0 fully saturated rings. The summed E-state index contributed by atoms with van der Waals surface area (Å²) in [4.78, 5) is 0. The summed E-state index contributed by atoms with van der Waals surface area (Å²) in [6.45, 7) is 2.26. The SMILES string of the molecule is CCCCCCCCCCCCCCC(Cl)C(Cl)(Cl)Cl. The molecular weight excluding hydrogens is 334 g/mol. The summed E-state index contributed by atoms with van der Waals surface area (Å²) >= 11 is 23.2. The number of alkyl halides is 4. The molecular formula is C16H30Cl4. The highest BCUT2D eigenvalue weighted by Gasteiger charge is 2.29. The molecule has 0 aromatic carbocycles. The second-order valence-electron chi connectivity index (χ2n) is 5.69. The zero-order valence-electron chi connectivity index (χ0n) is 12.8. The Morgan fingerprint density at radius 2 is 1.00 bits per heavy atom. The molecule has 0 bridgehead atoms. The summed E-state index contributed by atoms with van der Waals surface area (Å²) in [6.07, 6.45) is 16.8. The van der Waals surface area contributed by atoms with E-state index in [2.05, 4.69) is 6.92 Å². The quantitative estimate of drug-likeness (QED) is 0.229. The van der Waals surface area contributed by atoms with E-state index in [0.29, 0.717) is 0 Å². The van der Waals surface area contributed by atoms with Crippen molar-refractivity contribution in [2.45, 2.75) is 99.6 Å². The molecule has 0 spiro atoms. The fourth-order valence-corrected chi connectivity index (χ4v) is 2.81. The van der Waals surface area contributed by atoms with E-state index in [1.54, 1.807) is 0 Å². The van der Waals surface area contributed by atoms with E-state index in [-0.39, 0.29) is 5.38 Å². The van der Waals surface area contributed by atoms with Crippen LogP contribution in [0.5, 0.6) is 0 Å². The normalized spacial score (nSPS) is 13.7. The average Bonchev–Trinajstić information content (AvgIpc) is 2.38. The van der Waals surface area contributed by atoms with Gasteiger partial charge in [-0.15, -0.1) is 11.6 Å². The predicted molar refractivity (Wildman–Crippen MR) is 95.6 cm³/mol. The molecule has 1 atom stereocenters. The van der Waals surface area contributed by atoms with Gasteiger partial charge in [-0.3, -0.25) is 0 Å². The third-order valence-corrected chi connectivity index (χ3v) is 5.34. The molecule has 0 saturated carbocycles. The van der Waals surface area contributed by atoms with E-state index < -0.39 is 3.79 Å². The lowest BCUT2D eigenvalue weighted by Gasteiger charge is -2.17. The highest BCUT2D eigenvalue weighted by atomic mass is 35.6. The lowest BCUT2D eigenvalue weighted by atomic mass is 10.0. The van der Waals surface area contributed by atoms with Gasteiger partial charge in [-0.05, 0) is 6.42 Å². The van der Waals surface area contributed by atoms with Crippen molar-refractivity contribution in [2.75, 3.05) is 0 Å². The molecule has 0 aliphatic carbocycles. The molecule has 0 heterocycles. The van der Waals surface area contributed by atoms with Gasteiger partial charge in [-0.25, -0.2) is 0 Å². The standard InChI is InChI=1S/C16H30Cl4/c1-2-3-4-5-6-7-8-9-10-11-12-13-14-15(17)16(18,19)20/h15H,2-14H2,1H3. The first-order valence-electron chi connectivity index (χ1n) is 8.19. The van der Waals surface area contributed by atoms with E-state index in [1.165, 1.54) is 70.6 Å². The summed E-state index contributed by atoms with van der Waals surface area (Å²) in [5.74, 6) is 0. The fraction of sp³-hybridized carbons (Fsp3) is 1.00. The summed E-state index contributed by atoms with van der Waals surface area (Å²) < 4.78 is -1.32. The van der Waals surface area contributed by atoms with Gasteiger partial charge in [-0.1, -0.05) is 119 Å². The van der Waals surface area contributed by atoms with E-state index in [9.17, 15) is 0 Å². The minimum Gasteiger partial charge on any atom is -0.118 e. The molecule has 1 unspecified atom stereocenters. The molecule has 0 nitrogen and oxygen atoms in total. The number of hydrogen-bond acceptors (Lipinski definition) is 0. The van der Waals surface area contributed by atoms with Crippen molar-refractivity contribution in [3.05, 3.63) is 0 Å². The van der Waals surface area contributed by atoms with E-state index in [1.807, 2.05) is 0 Å². The van der Waals surface area contributed by atoms with E-state index >= 15 is 0 Å². The van der Waals surface area contributed by atoms with Crippen LogP contribution < -0.4 is 0 Å². The zero-order chi connectivity index (χ0) is 15.3. The number of unbranched alkanes of at least 4 members (excludes halogenated alkanes) is 11. The molecule has 4 heteroatoms. The van der Waals surface area contributed by atoms with Crippen molar-refractivity contribution in [1.82, 2.24) is 0 Å². The molecule has 0 aliphatic heterocycles. The summed E-state index contributed by atoms with van der Waals surface area (Å²) in [5, 5.41) is -0.365. The van der Waals surface area contributed by atoms with Crippen molar-refractivity contribution >= 4 is 46.4 Å². The van der Waals surface area contributed by atoms with Gasteiger partial charge in [0.25, 0.3) is 0 Å². The van der Waals surface area contributed by atoms with Crippen LogP contribution in [0.2, 0.25) is 0 Å². The fourth-order valence-electron chi connectivity index (χ4n) is 2.33. The monoisotopic (exact) mass is 362 g/mol. The molecule has 0 aromatic rings. The smallest absolute Gasteiger partial charge is 0.118 e. The van der Waals surface area contributed by atoms with E-state index in [4.69, 9.17) is 46.4 Å². The summed E-state index contributed by atoms with van der Waals surface area (Å²) in [7, 11) is 0.